The van der Waals surface area contributed by atoms with E-state index in [2.05, 4.69) is 47.9 Å². The molecule has 0 bridgehead atoms. The van der Waals surface area contributed by atoms with Crippen LogP contribution >= 0.6 is 31.9 Å². The fourth-order valence-corrected chi connectivity index (χ4v) is 4.21. The molecule has 1 heterocycles. The highest BCUT2D eigenvalue weighted by Crippen LogP contribution is 2.25. The lowest BCUT2D eigenvalue weighted by Crippen LogP contribution is -2.36. The highest BCUT2D eigenvalue weighted by Gasteiger charge is 2.21. The van der Waals surface area contributed by atoms with Crippen molar-refractivity contribution in [2.24, 2.45) is 0 Å². The van der Waals surface area contributed by atoms with E-state index in [0.717, 1.165) is 10.0 Å². The van der Waals surface area contributed by atoms with Gasteiger partial charge in [0.05, 0.1) is 11.2 Å². The second kappa shape index (κ2) is 9.60. The fourth-order valence-electron chi connectivity index (χ4n) is 3.24. The Morgan fingerprint density at radius 3 is 2.30 bits per heavy atom. The average Bonchev–Trinajstić information content (AvgIpc) is 3.13. The van der Waals surface area contributed by atoms with Crippen molar-refractivity contribution >= 4 is 71.9 Å². The molecule has 3 amide bonds. The number of aromatic nitrogens is 1. The molecule has 33 heavy (non-hydrogen) atoms. The number of rotatable bonds is 4. The van der Waals surface area contributed by atoms with Crippen LogP contribution in [0, 0.1) is 6.92 Å². The Morgan fingerprint density at radius 1 is 0.818 bits per heavy atom. The van der Waals surface area contributed by atoms with Crippen LogP contribution in [0.5, 0.6) is 0 Å². The quantitative estimate of drug-likeness (QED) is 0.286. The number of para-hydroxylation sites is 1. The van der Waals surface area contributed by atoms with Crippen LogP contribution < -0.4 is 16.1 Å². The van der Waals surface area contributed by atoms with Crippen LogP contribution in [0.15, 0.2) is 81.7 Å². The molecule has 0 aliphatic carbocycles. The highest BCUT2D eigenvalue weighted by atomic mass is 79.9. The Bertz CT molecular complexity index is 1380. The number of aryl methyl sites for hydroxylation is 1. The van der Waals surface area contributed by atoms with Crippen molar-refractivity contribution in [1.82, 2.24) is 4.68 Å². The number of fused-ring (bicyclic) bond motifs is 1. The van der Waals surface area contributed by atoms with Crippen molar-refractivity contribution in [2.45, 2.75) is 6.92 Å². The third-order valence-corrected chi connectivity index (χ3v) is 5.97. The molecule has 1 aromatic heterocycles. The highest BCUT2D eigenvalue weighted by molar-refractivity contribution is 9.10. The standard InChI is InChI=1S/C24H18Br2N4O3/c1-14-7-9-19(18(26)11-14)28-23(32)24(33)29-30-20-10-8-16(25)12-15(20)13-21(30)22(31)27-17-5-3-2-4-6-17/h2-13H,1H3,(H,27,31)(H,28,32)(H,29,33). The molecule has 0 radical (unpaired) electrons. The zero-order valence-corrected chi connectivity index (χ0v) is 20.5. The monoisotopic (exact) mass is 568 g/mol. The van der Waals surface area contributed by atoms with Gasteiger partial charge in [-0.05, 0) is 76.9 Å². The smallest absolute Gasteiger partial charge is 0.321 e. The summed E-state index contributed by atoms with van der Waals surface area (Å²) < 4.78 is 2.78. The SMILES string of the molecule is Cc1ccc(NC(=O)C(=O)Nn2c(C(=O)Nc3ccccc3)cc3cc(Br)ccc32)c(Br)c1. The maximum atomic E-state index is 13.0. The molecule has 4 rings (SSSR count). The van der Waals surface area contributed by atoms with Crippen LogP contribution in [-0.4, -0.2) is 22.4 Å². The minimum absolute atomic E-state index is 0.171. The Morgan fingerprint density at radius 2 is 1.58 bits per heavy atom. The Labute approximate surface area is 206 Å². The summed E-state index contributed by atoms with van der Waals surface area (Å²) in [5.41, 5.74) is 5.35. The third kappa shape index (κ3) is 5.15. The summed E-state index contributed by atoms with van der Waals surface area (Å²) in [4.78, 5) is 38.3. The van der Waals surface area contributed by atoms with Crippen molar-refractivity contribution in [3.8, 4) is 0 Å². The molecule has 0 atom stereocenters. The first-order chi connectivity index (χ1) is 15.8. The van der Waals surface area contributed by atoms with Crippen molar-refractivity contribution in [1.29, 1.82) is 0 Å². The summed E-state index contributed by atoms with van der Waals surface area (Å²) in [5, 5.41) is 6.09. The lowest BCUT2D eigenvalue weighted by Gasteiger charge is -2.13. The van der Waals surface area contributed by atoms with Gasteiger partial charge in [-0.2, -0.15) is 0 Å². The zero-order chi connectivity index (χ0) is 23.5. The summed E-state index contributed by atoms with van der Waals surface area (Å²) in [7, 11) is 0. The van der Waals surface area contributed by atoms with E-state index >= 15 is 0 Å². The second-order valence-electron chi connectivity index (χ2n) is 7.27. The van der Waals surface area contributed by atoms with Gasteiger partial charge in [-0.25, -0.2) is 4.68 Å². The molecule has 0 unspecified atom stereocenters. The number of anilines is 2. The molecule has 0 saturated carbocycles. The van der Waals surface area contributed by atoms with E-state index in [1.54, 1.807) is 48.5 Å². The van der Waals surface area contributed by atoms with Crippen molar-refractivity contribution in [3.63, 3.8) is 0 Å². The number of hydrogen-bond acceptors (Lipinski definition) is 3. The fraction of sp³-hybridized carbons (Fsp3) is 0.0417. The Balaban J connectivity index is 1.62. The van der Waals surface area contributed by atoms with Crippen molar-refractivity contribution in [3.05, 3.63) is 93.0 Å². The maximum absolute atomic E-state index is 13.0. The van der Waals surface area contributed by atoms with E-state index in [0.29, 0.717) is 26.8 Å². The van der Waals surface area contributed by atoms with Gasteiger partial charge in [-0.15, -0.1) is 0 Å². The zero-order valence-electron chi connectivity index (χ0n) is 17.4. The molecule has 3 N–H and O–H groups in total. The number of carbonyl (C=O) groups is 3. The number of hydrogen-bond donors (Lipinski definition) is 3. The molecule has 3 aromatic carbocycles. The third-order valence-electron chi connectivity index (χ3n) is 4.82. The van der Waals surface area contributed by atoms with Gasteiger partial charge < -0.3 is 10.6 Å². The van der Waals surface area contributed by atoms with Gasteiger partial charge in [-0.1, -0.05) is 40.2 Å². The van der Waals surface area contributed by atoms with Crippen molar-refractivity contribution < 1.29 is 14.4 Å². The largest absolute Gasteiger partial charge is 0.328 e. The predicted molar refractivity (Wildman–Crippen MR) is 136 cm³/mol. The number of benzene rings is 3. The molecule has 0 aliphatic heterocycles. The summed E-state index contributed by atoms with van der Waals surface area (Å²) in [5.74, 6) is -2.22. The molecular weight excluding hydrogens is 552 g/mol. The minimum atomic E-state index is -0.920. The Hall–Kier alpha value is -3.43. The van der Waals surface area contributed by atoms with Gasteiger partial charge >= 0.3 is 11.8 Å². The van der Waals surface area contributed by atoms with E-state index < -0.39 is 17.7 Å². The summed E-state index contributed by atoms with van der Waals surface area (Å²) in [6.45, 7) is 1.92. The molecular formula is C24H18Br2N4O3. The molecule has 9 heteroatoms. The first kappa shape index (κ1) is 22.8. The van der Waals surface area contributed by atoms with Crippen LogP contribution in [-0.2, 0) is 9.59 Å². The molecule has 0 fully saturated rings. The number of nitrogens with one attached hydrogen (secondary N) is 3. The first-order valence-corrected chi connectivity index (χ1v) is 11.5. The molecule has 166 valence electrons. The van der Waals surface area contributed by atoms with Crippen molar-refractivity contribution in [2.75, 3.05) is 16.1 Å². The van der Waals surface area contributed by atoms with Gasteiger partial charge in [0.1, 0.15) is 5.69 Å². The van der Waals surface area contributed by atoms with E-state index in [1.807, 2.05) is 31.2 Å². The van der Waals surface area contributed by atoms with Gasteiger partial charge in [0.15, 0.2) is 0 Å². The number of amides is 3. The van der Waals surface area contributed by atoms with Crippen LogP contribution in [0.4, 0.5) is 11.4 Å². The first-order valence-electron chi connectivity index (χ1n) is 9.88. The number of halogens is 2. The predicted octanol–water partition coefficient (Wildman–Crippen LogP) is 5.44. The second-order valence-corrected chi connectivity index (χ2v) is 9.04. The number of nitrogens with zero attached hydrogens (tertiary/aromatic N) is 1. The van der Waals surface area contributed by atoms with E-state index in [-0.39, 0.29) is 5.69 Å². The maximum Gasteiger partial charge on any atom is 0.328 e. The lowest BCUT2D eigenvalue weighted by atomic mass is 10.2. The van der Waals surface area contributed by atoms with Crippen LogP contribution in [0.25, 0.3) is 10.9 Å². The molecule has 4 aromatic rings. The normalized spacial score (nSPS) is 10.6. The topological polar surface area (TPSA) is 92.2 Å². The minimum Gasteiger partial charge on any atom is -0.321 e. The van der Waals surface area contributed by atoms with E-state index in [9.17, 15) is 14.4 Å². The lowest BCUT2D eigenvalue weighted by molar-refractivity contribution is -0.133. The van der Waals surface area contributed by atoms with Gasteiger partial charge in [-0.3, -0.25) is 19.8 Å². The summed E-state index contributed by atoms with van der Waals surface area (Å²) >= 11 is 6.79. The average molecular weight is 570 g/mol. The summed E-state index contributed by atoms with van der Waals surface area (Å²) in [6, 6.07) is 21.3. The van der Waals surface area contributed by atoms with Crippen LogP contribution in [0.2, 0.25) is 0 Å². The summed E-state index contributed by atoms with van der Waals surface area (Å²) in [6.07, 6.45) is 0. The van der Waals surface area contributed by atoms with E-state index in [4.69, 9.17) is 0 Å². The molecule has 0 spiro atoms. The van der Waals surface area contributed by atoms with E-state index in [1.165, 1.54) is 4.68 Å². The van der Waals surface area contributed by atoms with Crippen LogP contribution in [0.3, 0.4) is 0 Å². The van der Waals surface area contributed by atoms with Gasteiger partial charge in [0, 0.05) is 20.0 Å². The van der Waals surface area contributed by atoms with Gasteiger partial charge in [0.2, 0.25) is 0 Å². The molecule has 0 aliphatic rings. The van der Waals surface area contributed by atoms with Crippen LogP contribution in [0.1, 0.15) is 16.1 Å². The molecule has 7 nitrogen and oxygen atoms in total. The van der Waals surface area contributed by atoms with Gasteiger partial charge in [0.25, 0.3) is 5.91 Å². The Kier molecular flexibility index (Phi) is 6.62. The number of carbonyl (C=O) groups excluding carboxylic acids is 3. The molecule has 0 saturated heterocycles.